The normalized spacial score (nSPS) is 11.1. The zero-order chi connectivity index (χ0) is 13.3. The summed E-state index contributed by atoms with van der Waals surface area (Å²) in [5.74, 6) is -0.0442. The molecule has 2 rings (SSSR count). The van der Waals surface area contributed by atoms with Crippen LogP contribution < -0.4 is 4.74 Å². The first-order valence-electron chi connectivity index (χ1n) is 5.93. The van der Waals surface area contributed by atoms with Crippen LogP contribution in [-0.2, 0) is 11.2 Å². The summed E-state index contributed by atoms with van der Waals surface area (Å²) in [4.78, 5) is 10.9. The topological polar surface area (TPSA) is 51.5 Å². The number of aromatic nitrogens is 1. The Bertz CT molecular complexity index is 584. The lowest BCUT2D eigenvalue weighted by molar-refractivity contribution is -0.136. The molecule has 4 nitrogen and oxygen atoms in total. The fourth-order valence-corrected chi connectivity index (χ4v) is 2.36. The fourth-order valence-electron chi connectivity index (χ4n) is 2.36. The van der Waals surface area contributed by atoms with Crippen LogP contribution in [0.4, 0.5) is 0 Å². The molecule has 4 heteroatoms. The van der Waals surface area contributed by atoms with Gasteiger partial charge in [0.25, 0.3) is 0 Å². The molecular formula is C14H17NO3. The van der Waals surface area contributed by atoms with Crippen molar-refractivity contribution in [3.8, 4) is 5.75 Å². The number of methoxy groups -OCH3 is 1. The third-order valence-corrected chi connectivity index (χ3v) is 2.99. The molecule has 0 bridgehead atoms. The highest BCUT2D eigenvalue weighted by Gasteiger charge is 2.15. The highest BCUT2D eigenvalue weighted by atomic mass is 16.5. The number of benzene rings is 1. The number of carbonyl (C=O) groups is 1. The second-order valence-electron chi connectivity index (χ2n) is 4.56. The number of nitrogens with zero attached hydrogens (tertiary/aromatic N) is 1. The molecule has 0 saturated heterocycles. The monoisotopic (exact) mass is 247 g/mol. The Morgan fingerprint density at radius 2 is 2.17 bits per heavy atom. The fraction of sp³-hybridized carbons (Fsp3) is 0.357. The average molecular weight is 247 g/mol. The van der Waals surface area contributed by atoms with Crippen molar-refractivity contribution in [1.29, 1.82) is 0 Å². The van der Waals surface area contributed by atoms with Gasteiger partial charge in [-0.25, -0.2) is 0 Å². The van der Waals surface area contributed by atoms with E-state index >= 15 is 0 Å². The summed E-state index contributed by atoms with van der Waals surface area (Å²) < 4.78 is 7.37. The van der Waals surface area contributed by atoms with E-state index in [0.717, 1.165) is 22.3 Å². The summed E-state index contributed by atoms with van der Waals surface area (Å²) in [6, 6.07) is 7.91. The molecule has 0 amide bonds. The van der Waals surface area contributed by atoms with Gasteiger partial charge >= 0.3 is 5.97 Å². The molecule has 0 saturated carbocycles. The van der Waals surface area contributed by atoms with E-state index in [1.54, 1.807) is 7.11 Å². The Labute approximate surface area is 106 Å². The van der Waals surface area contributed by atoms with Crippen LogP contribution in [0.3, 0.4) is 0 Å². The molecule has 1 aromatic heterocycles. The lowest BCUT2D eigenvalue weighted by atomic mass is 10.2. The standard InChI is InChI=1S/C14H17NO3/c1-9(2)15-10(8-14(16)17)7-11-12(15)5-4-6-13(11)18-3/h4-7,9H,8H2,1-3H3,(H,16,17). The number of rotatable bonds is 4. The van der Waals surface area contributed by atoms with Crippen LogP contribution in [0.5, 0.6) is 5.75 Å². The zero-order valence-corrected chi connectivity index (χ0v) is 10.8. The minimum atomic E-state index is -0.821. The van der Waals surface area contributed by atoms with Crippen LogP contribution in [0.25, 0.3) is 10.9 Å². The first kappa shape index (κ1) is 12.5. The maximum absolute atomic E-state index is 10.9. The smallest absolute Gasteiger partial charge is 0.309 e. The molecule has 96 valence electrons. The minimum Gasteiger partial charge on any atom is -0.496 e. The summed E-state index contributed by atoms with van der Waals surface area (Å²) in [6.45, 7) is 4.09. The molecule has 0 radical (unpaired) electrons. The molecule has 18 heavy (non-hydrogen) atoms. The number of fused-ring (bicyclic) bond motifs is 1. The van der Waals surface area contributed by atoms with Crippen LogP contribution in [0, 0.1) is 0 Å². The molecule has 2 aromatic rings. The van der Waals surface area contributed by atoms with Crippen LogP contribution >= 0.6 is 0 Å². The Balaban J connectivity index is 2.70. The van der Waals surface area contributed by atoms with E-state index in [1.165, 1.54) is 0 Å². The van der Waals surface area contributed by atoms with Crippen molar-refractivity contribution < 1.29 is 14.6 Å². The van der Waals surface area contributed by atoms with E-state index in [9.17, 15) is 4.79 Å². The largest absolute Gasteiger partial charge is 0.496 e. The maximum atomic E-state index is 10.9. The number of hydrogen-bond donors (Lipinski definition) is 1. The van der Waals surface area contributed by atoms with Crippen LogP contribution in [-0.4, -0.2) is 22.8 Å². The van der Waals surface area contributed by atoms with Gasteiger partial charge in [0.05, 0.1) is 19.0 Å². The van der Waals surface area contributed by atoms with Gasteiger partial charge < -0.3 is 14.4 Å². The van der Waals surface area contributed by atoms with Gasteiger partial charge in [0.2, 0.25) is 0 Å². The highest BCUT2D eigenvalue weighted by Crippen LogP contribution is 2.31. The molecule has 0 aliphatic rings. The van der Waals surface area contributed by atoms with E-state index in [4.69, 9.17) is 9.84 Å². The summed E-state index contributed by atoms with van der Waals surface area (Å²) in [6.07, 6.45) is 0.0238. The molecule has 0 aliphatic heterocycles. The molecule has 1 aromatic carbocycles. The molecule has 0 spiro atoms. The van der Waals surface area contributed by atoms with Crippen molar-refractivity contribution in [2.45, 2.75) is 26.3 Å². The van der Waals surface area contributed by atoms with Gasteiger partial charge in [0.1, 0.15) is 5.75 Å². The number of carboxylic acids is 1. The van der Waals surface area contributed by atoms with Crippen molar-refractivity contribution in [3.05, 3.63) is 30.0 Å². The molecule has 0 fully saturated rings. The van der Waals surface area contributed by atoms with Gasteiger partial charge in [0.15, 0.2) is 0 Å². The van der Waals surface area contributed by atoms with Crippen LogP contribution in [0.15, 0.2) is 24.3 Å². The number of ether oxygens (including phenoxy) is 1. The minimum absolute atomic E-state index is 0.0238. The molecular weight excluding hydrogens is 230 g/mol. The number of aliphatic carboxylic acids is 1. The number of hydrogen-bond acceptors (Lipinski definition) is 2. The van der Waals surface area contributed by atoms with E-state index < -0.39 is 5.97 Å². The maximum Gasteiger partial charge on any atom is 0.309 e. The highest BCUT2D eigenvalue weighted by molar-refractivity contribution is 5.88. The SMILES string of the molecule is COc1cccc2c1cc(CC(=O)O)n2C(C)C. The molecule has 0 unspecified atom stereocenters. The first-order valence-corrected chi connectivity index (χ1v) is 5.93. The van der Waals surface area contributed by atoms with Crippen molar-refractivity contribution in [3.63, 3.8) is 0 Å². The summed E-state index contributed by atoms with van der Waals surface area (Å²) in [7, 11) is 1.62. The Hall–Kier alpha value is -1.97. The van der Waals surface area contributed by atoms with Crippen LogP contribution in [0.1, 0.15) is 25.6 Å². The second kappa shape index (κ2) is 4.72. The first-order chi connectivity index (χ1) is 8.54. The predicted octanol–water partition coefficient (Wildman–Crippen LogP) is 2.86. The number of carboxylic acid groups (broad SMARTS) is 1. The molecule has 1 heterocycles. The van der Waals surface area contributed by atoms with E-state index in [0.29, 0.717) is 0 Å². The predicted molar refractivity (Wildman–Crippen MR) is 70.2 cm³/mol. The zero-order valence-electron chi connectivity index (χ0n) is 10.8. The van der Waals surface area contributed by atoms with Crippen molar-refractivity contribution in [2.75, 3.05) is 7.11 Å². The Morgan fingerprint density at radius 1 is 1.44 bits per heavy atom. The van der Waals surface area contributed by atoms with E-state index in [-0.39, 0.29) is 12.5 Å². The van der Waals surface area contributed by atoms with Gasteiger partial charge in [-0.3, -0.25) is 4.79 Å². The van der Waals surface area contributed by atoms with Gasteiger partial charge in [-0.1, -0.05) is 6.07 Å². The average Bonchev–Trinajstić information content (AvgIpc) is 2.65. The molecule has 0 atom stereocenters. The lowest BCUT2D eigenvalue weighted by Crippen LogP contribution is -2.09. The van der Waals surface area contributed by atoms with Crippen molar-refractivity contribution in [2.24, 2.45) is 0 Å². The molecule has 1 N–H and O–H groups in total. The van der Waals surface area contributed by atoms with E-state index in [1.807, 2.05) is 42.7 Å². The second-order valence-corrected chi connectivity index (χ2v) is 4.56. The third kappa shape index (κ3) is 2.06. The molecule has 0 aliphatic carbocycles. The summed E-state index contributed by atoms with van der Waals surface area (Å²) in [5.41, 5.74) is 1.82. The quantitative estimate of drug-likeness (QED) is 0.903. The Kier molecular flexibility index (Phi) is 3.28. The lowest BCUT2D eigenvalue weighted by Gasteiger charge is -2.13. The summed E-state index contributed by atoms with van der Waals surface area (Å²) in [5, 5.41) is 9.94. The Morgan fingerprint density at radius 3 is 2.72 bits per heavy atom. The van der Waals surface area contributed by atoms with Crippen molar-refractivity contribution >= 4 is 16.9 Å². The van der Waals surface area contributed by atoms with Gasteiger partial charge in [-0.2, -0.15) is 0 Å². The van der Waals surface area contributed by atoms with Crippen LogP contribution in [0.2, 0.25) is 0 Å². The third-order valence-electron chi connectivity index (χ3n) is 2.99. The van der Waals surface area contributed by atoms with Crippen molar-refractivity contribution in [1.82, 2.24) is 4.57 Å². The van der Waals surface area contributed by atoms with Gasteiger partial charge in [0, 0.05) is 17.1 Å². The summed E-state index contributed by atoms with van der Waals surface area (Å²) >= 11 is 0. The van der Waals surface area contributed by atoms with Gasteiger partial charge in [-0.05, 0) is 32.0 Å². The van der Waals surface area contributed by atoms with Gasteiger partial charge in [-0.15, -0.1) is 0 Å². The van der Waals surface area contributed by atoms with E-state index in [2.05, 4.69) is 0 Å².